The summed E-state index contributed by atoms with van der Waals surface area (Å²) in [5.74, 6) is 0. The number of aromatic nitrogens is 3. The Labute approximate surface area is 123 Å². The zero-order valence-corrected chi connectivity index (χ0v) is 11.9. The highest BCUT2D eigenvalue weighted by Gasteiger charge is 2.31. The SMILES string of the molecule is OCC1(O)CCN(Cc2ccccc2-n2cncn2)CC1. The van der Waals surface area contributed by atoms with Gasteiger partial charge in [0.15, 0.2) is 0 Å². The summed E-state index contributed by atoms with van der Waals surface area (Å²) in [4.78, 5) is 6.29. The minimum absolute atomic E-state index is 0.156. The van der Waals surface area contributed by atoms with Crippen LogP contribution in [0.15, 0.2) is 36.9 Å². The number of aliphatic hydroxyl groups is 2. The third kappa shape index (κ3) is 3.12. The Kier molecular flexibility index (Phi) is 4.01. The maximum absolute atomic E-state index is 10.1. The second-order valence-electron chi connectivity index (χ2n) is 5.63. The largest absolute Gasteiger partial charge is 0.393 e. The first-order chi connectivity index (χ1) is 10.2. The van der Waals surface area contributed by atoms with E-state index in [1.165, 1.54) is 11.9 Å². The Morgan fingerprint density at radius 2 is 1.95 bits per heavy atom. The molecule has 112 valence electrons. The van der Waals surface area contributed by atoms with Crippen molar-refractivity contribution in [2.24, 2.45) is 0 Å². The minimum Gasteiger partial charge on any atom is -0.393 e. The molecule has 2 N–H and O–H groups in total. The predicted octanol–water partition coefficient (Wildman–Crippen LogP) is 0.587. The lowest BCUT2D eigenvalue weighted by atomic mass is 9.92. The molecule has 6 nitrogen and oxygen atoms in total. The van der Waals surface area contributed by atoms with E-state index in [1.54, 1.807) is 11.0 Å². The maximum atomic E-state index is 10.1. The topological polar surface area (TPSA) is 74.4 Å². The van der Waals surface area contributed by atoms with Gasteiger partial charge in [0.25, 0.3) is 0 Å². The number of rotatable bonds is 4. The molecule has 21 heavy (non-hydrogen) atoms. The molecular formula is C15H20N4O2. The molecule has 0 radical (unpaired) electrons. The standard InChI is InChI=1S/C15H20N4O2/c20-10-15(21)5-7-18(8-6-15)9-13-3-1-2-4-14(13)19-12-16-11-17-19/h1-4,11-12,20-21H,5-10H2. The first kappa shape index (κ1) is 14.2. The van der Waals surface area contributed by atoms with E-state index in [2.05, 4.69) is 21.0 Å². The van der Waals surface area contributed by atoms with Gasteiger partial charge in [-0.3, -0.25) is 4.90 Å². The summed E-state index contributed by atoms with van der Waals surface area (Å²) in [7, 11) is 0. The third-order valence-corrected chi connectivity index (χ3v) is 4.13. The normalized spacial score (nSPS) is 18.8. The average Bonchev–Trinajstić information content (AvgIpc) is 3.05. The predicted molar refractivity (Wildman–Crippen MR) is 77.9 cm³/mol. The highest BCUT2D eigenvalue weighted by Crippen LogP contribution is 2.24. The van der Waals surface area contributed by atoms with Crippen LogP contribution < -0.4 is 0 Å². The van der Waals surface area contributed by atoms with Gasteiger partial charge in [0.05, 0.1) is 17.9 Å². The van der Waals surface area contributed by atoms with Crippen molar-refractivity contribution in [1.29, 1.82) is 0 Å². The molecule has 2 aromatic rings. The minimum atomic E-state index is -0.901. The highest BCUT2D eigenvalue weighted by atomic mass is 16.3. The number of benzene rings is 1. The summed E-state index contributed by atoms with van der Waals surface area (Å²) in [6.45, 7) is 2.21. The van der Waals surface area contributed by atoms with Crippen molar-refractivity contribution in [1.82, 2.24) is 19.7 Å². The first-order valence-corrected chi connectivity index (χ1v) is 7.19. The Bertz CT molecular complexity index is 577. The van der Waals surface area contributed by atoms with Gasteiger partial charge in [0.2, 0.25) is 0 Å². The van der Waals surface area contributed by atoms with Crippen LogP contribution in [0.1, 0.15) is 18.4 Å². The van der Waals surface area contributed by atoms with Gasteiger partial charge in [-0.2, -0.15) is 5.10 Å². The van der Waals surface area contributed by atoms with Crippen molar-refractivity contribution in [3.63, 3.8) is 0 Å². The second kappa shape index (κ2) is 5.93. The van der Waals surface area contributed by atoms with Gasteiger partial charge < -0.3 is 10.2 Å². The first-order valence-electron chi connectivity index (χ1n) is 7.19. The van der Waals surface area contributed by atoms with Crippen LogP contribution in [0.3, 0.4) is 0 Å². The third-order valence-electron chi connectivity index (χ3n) is 4.13. The van der Waals surface area contributed by atoms with Gasteiger partial charge in [0, 0.05) is 19.6 Å². The molecule has 0 unspecified atom stereocenters. The Hall–Kier alpha value is -1.76. The number of para-hydroxylation sites is 1. The van der Waals surface area contributed by atoms with Crippen LogP contribution in [0, 0.1) is 0 Å². The molecule has 1 aliphatic rings. The van der Waals surface area contributed by atoms with Gasteiger partial charge in [-0.15, -0.1) is 0 Å². The van der Waals surface area contributed by atoms with Crippen molar-refractivity contribution in [2.45, 2.75) is 25.0 Å². The molecule has 2 heterocycles. The van der Waals surface area contributed by atoms with Crippen LogP contribution >= 0.6 is 0 Å². The maximum Gasteiger partial charge on any atom is 0.138 e. The van der Waals surface area contributed by atoms with Crippen LogP contribution in [0.5, 0.6) is 0 Å². The van der Waals surface area contributed by atoms with Crippen LogP contribution in [0.4, 0.5) is 0 Å². The molecule has 1 saturated heterocycles. The zero-order valence-electron chi connectivity index (χ0n) is 11.9. The smallest absolute Gasteiger partial charge is 0.138 e. The summed E-state index contributed by atoms with van der Waals surface area (Å²) in [5, 5.41) is 23.5. The molecule has 1 fully saturated rings. The molecule has 0 atom stereocenters. The molecule has 6 heteroatoms. The van der Waals surface area contributed by atoms with Crippen molar-refractivity contribution < 1.29 is 10.2 Å². The number of piperidine rings is 1. The van der Waals surface area contributed by atoms with E-state index in [1.807, 2.05) is 18.2 Å². The molecule has 3 rings (SSSR count). The fraction of sp³-hybridized carbons (Fsp3) is 0.467. The summed E-state index contributed by atoms with van der Waals surface area (Å²) in [6, 6.07) is 8.12. The van der Waals surface area contributed by atoms with Crippen LogP contribution in [0.25, 0.3) is 5.69 Å². The fourth-order valence-corrected chi connectivity index (χ4v) is 2.73. The Morgan fingerprint density at radius 1 is 1.19 bits per heavy atom. The Morgan fingerprint density at radius 3 is 2.62 bits per heavy atom. The molecule has 0 amide bonds. The fourth-order valence-electron chi connectivity index (χ4n) is 2.73. The lowest BCUT2D eigenvalue weighted by molar-refractivity contribution is -0.0606. The zero-order chi connectivity index (χ0) is 14.7. The lowest BCUT2D eigenvalue weighted by Gasteiger charge is -2.37. The van der Waals surface area contributed by atoms with E-state index in [4.69, 9.17) is 0 Å². The Balaban J connectivity index is 1.72. The molecular weight excluding hydrogens is 268 g/mol. The van der Waals surface area contributed by atoms with E-state index in [0.29, 0.717) is 12.8 Å². The van der Waals surface area contributed by atoms with E-state index in [-0.39, 0.29) is 6.61 Å². The van der Waals surface area contributed by atoms with Gasteiger partial charge in [-0.05, 0) is 24.5 Å². The van der Waals surface area contributed by atoms with Crippen LogP contribution in [-0.2, 0) is 6.54 Å². The van der Waals surface area contributed by atoms with Gasteiger partial charge >= 0.3 is 0 Å². The van der Waals surface area contributed by atoms with Crippen molar-refractivity contribution in [3.8, 4) is 5.69 Å². The summed E-state index contributed by atoms with van der Waals surface area (Å²) >= 11 is 0. The summed E-state index contributed by atoms with van der Waals surface area (Å²) in [5.41, 5.74) is 1.30. The molecule has 1 aromatic heterocycles. The van der Waals surface area contributed by atoms with Gasteiger partial charge in [-0.25, -0.2) is 9.67 Å². The van der Waals surface area contributed by atoms with Gasteiger partial charge in [0.1, 0.15) is 12.7 Å². The highest BCUT2D eigenvalue weighted by molar-refractivity contribution is 5.39. The molecule has 1 aromatic carbocycles. The molecule has 0 bridgehead atoms. The van der Waals surface area contributed by atoms with Crippen molar-refractivity contribution in [3.05, 3.63) is 42.5 Å². The molecule has 0 spiro atoms. The van der Waals surface area contributed by atoms with E-state index < -0.39 is 5.60 Å². The summed E-state index contributed by atoms with van der Waals surface area (Å²) < 4.78 is 1.77. The van der Waals surface area contributed by atoms with Crippen molar-refractivity contribution >= 4 is 0 Å². The van der Waals surface area contributed by atoms with Gasteiger partial charge in [-0.1, -0.05) is 18.2 Å². The molecule has 0 aliphatic carbocycles. The molecule has 0 saturated carbocycles. The van der Waals surface area contributed by atoms with E-state index in [0.717, 1.165) is 25.3 Å². The summed E-state index contributed by atoms with van der Waals surface area (Å²) in [6.07, 6.45) is 4.43. The quantitative estimate of drug-likeness (QED) is 0.861. The number of likely N-dealkylation sites (tertiary alicyclic amines) is 1. The lowest BCUT2D eigenvalue weighted by Crippen LogP contribution is -2.46. The van der Waals surface area contributed by atoms with Crippen LogP contribution in [-0.4, -0.2) is 55.2 Å². The van der Waals surface area contributed by atoms with Crippen LogP contribution in [0.2, 0.25) is 0 Å². The van der Waals surface area contributed by atoms with Crippen molar-refractivity contribution in [2.75, 3.05) is 19.7 Å². The number of hydrogen-bond acceptors (Lipinski definition) is 5. The monoisotopic (exact) mass is 288 g/mol. The number of aliphatic hydroxyl groups excluding tert-OH is 1. The number of nitrogens with zero attached hydrogens (tertiary/aromatic N) is 4. The van der Waals surface area contributed by atoms with E-state index >= 15 is 0 Å². The average molecular weight is 288 g/mol. The van der Waals surface area contributed by atoms with E-state index in [9.17, 15) is 10.2 Å². The second-order valence-corrected chi connectivity index (χ2v) is 5.63. The number of hydrogen-bond donors (Lipinski definition) is 2. The molecule has 1 aliphatic heterocycles.